The van der Waals surface area contributed by atoms with Crippen molar-refractivity contribution in [2.24, 2.45) is 5.92 Å². The van der Waals surface area contributed by atoms with Crippen LogP contribution in [0.4, 0.5) is 10.5 Å². The predicted molar refractivity (Wildman–Crippen MR) is 129 cm³/mol. The number of amides is 4. The van der Waals surface area contributed by atoms with Crippen LogP contribution >= 0.6 is 0 Å². The number of benzene rings is 1. The maximum absolute atomic E-state index is 13.4. The number of ether oxygens (including phenoxy) is 1. The van der Waals surface area contributed by atoms with Gasteiger partial charge in [0, 0.05) is 24.9 Å². The maximum atomic E-state index is 13.4. The molecule has 0 aromatic heterocycles. The van der Waals surface area contributed by atoms with E-state index in [1.54, 1.807) is 9.80 Å². The molecule has 2 aliphatic heterocycles. The highest BCUT2D eigenvalue weighted by Gasteiger charge is 2.54. The average molecular weight is 472 g/mol. The zero-order chi connectivity index (χ0) is 24.4. The quantitative estimate of drug-likeness (QED) is 0.569. The summed E-state index contributed by atoms with van der Waals surface area (Å²) in [7, 11) is 0. The summed E-state index contributed by atoms with van der Waals surface area (Å²) in [5.74, 6) is -0.364. The molecule has 3 unspecified atom stereocenters. The summed E-state index contributed by atoms with van der Waals surface area (Å²) in [6, 6.07) is 5.48. The van der Waals surface area contributed by atoms with E-state index in [1.165, 1.54) is 5.01 Å². The van der Waals surface area contributed by atoms with E-state index < -0.39 is 6.29 Å². The number of nitrogens with zero attached hydrogens (tertiary/aromatic N) is 3. The molecule has 3 aliphatic rings. The second-order valence-corrected chi connectivity index (χ2v) is 9.97. The molecule has 3 atom stereocenters. The smallest absolute Gasteiger partial charge is 0.337 e. The van der Waals surface area contributed by atoms with Crippen LogP contribution in [0.1, 0.15) is 57.1 Å². The molecule has 2 heterocycles. The summed E-state index contributed by atoms with van der Waals surface area (Å²) >= 11 is 0. The van der Waals surface area contributed by atoms with Gasteiger partial charge in [-0.25, -0.2) is 9.80 Å². The van der Waals surface area contributed by atoms with E-state index in [1.807, 2.05) is 45.9 Å². The molecule has 9 nitrogen and oxygen atoms in total. The Morgan fingerprint density at radius 2 is 1.85 bits per heavy atom. The van der Waals surface area contributed by atoms with Gasteiger partial charge in [0.25, 0.3) is 0 Å². The number of urea groups is 1. The topological polar surface area (TPSA) is 94.2 Å². The number of anilines is 1. The van der Waals surface area contributed by atoms with E-state index in [0.717, 1.165) is 36.8 Å². The number of hydrogen-bond donors (Lipinski definition) is 2. The fourth-order valence-electron chi connectivity index (χ4n) is 5.40. The monoisotopic (exact) mass is 471 g/mol. The lowest BCUT2D eigenvalue weighted by molar-refractivity contribution is -0.156. The van der Waals surface area contributed by atoms with Gasteiger partial charge in [-0.2, -0.15) is 5.43 Å². The summed E-state index contributed by atoms with van der Waals surface area (Å²) in [4.78, 5) is 43.1. The van der Waals surface area contributed by atoms with Crippen molar-refractivity contribution >= 4 is 23.5 Å². The van der Waals surface area contributed by atoms with Crippen molar-refractivity contribution in [3.05, 3.63) is 29.3 Å². The molecular formula is C25H37N5O4. The third-order valence-corrected chi connectivity index (χ3v) is 6.77. The predicted octanol–water partition coefficient (Wildman–Crippen LogP) is 2.98. The average Bonchev–Trinajstić information content (AvgIpc) is 3.08. The van der Waals surface area contributed by atoms with Crippen LogP contribution in [0.25, 0.3) is 0 Å². The normalized spacial score (nSPS) is 24.5. The Bertz CT molecular complexity index is 916. The van der Waals surface area contributed by atoms with Crippen molar-refractivity contribution in [3.8, 4) is 0 Å². The first-order valence-electron chi connectivity index (χ1n) is 12.4. The minimum Gasteiger partial charge on any atom is -0.379 e. The van der Waals surface area contributed by atoms with Gasteiger partial charge in [-0.3, -0.25) is 14.5 Å². The largest absolute Gasteiger partial charge is 0.379 e. The van der Waals surface area contributed by atoms with Gasteiger partial charge in [0.1, 0.15) is 6.54 Å². The number of rotatable bonds is 8. The van der Waals surface area contributed by atoms with Gasteiger partial charge < -0.3 is 15.0 Å². The molecule has 186 valence electrons. The number of carbonyl (C=O) groups excluding carboxylic acids is 3. The Hall–Kier alpha value is -2.65. The van der Waals surface area contributed by atoms with Crippen LogP contribution in [0.2, 0.25) is 0 Å². The zero-order valence-electron chi connectivity index (χ0n) is 20.7. The van der Waals surface area contributed by atoms with Gasteiger partial charge in [0.05, 0.1) is 12.0 Å². The molecular weight excluding hydrogens is 434 g/mol. The number of aryl methyl sites for hydroxylation is 2. The van der Waals surface area contributed by atoms with E-state index in [9.17, 15) is 14.4 Å². The van der Waals surface area contributed by atoms with Gasteiger partial charge in [0.2, 0.25) is 11.8 Å². The Balaban J connectivity index is 1.46. The molecule has 1 aliphatic carbocycles. The summed E-state index contributed by atoms with van der Waals surface area (Å²) in [6.45, 7) is 8.85. The summed E-state index contributed by atoms with van der Waals surface area (Å²) in [5, 5.41) is 4.24. The molecule has 0 bridgehead atoms. The molecule has 1 aromatic carbocycles. The van der Waals surface area contributed by atoms with Crippen molar-refractivity contribution in [1.82, 2.24) is 20.2 Å². The Morgan fingerprint density at radius 1 is 1.15 bits per heavy atom. The van der Waals surface area contributed by atoms with E-state index in [0.29, 0.717) is 25.3 Å². The molecule has 1 aromatic rings. The van der Waals surface area contributed by atoms with Crippen molar-refractivity contribution in [2.45, 2.75) is 78.2 Å². The summed E-state index contributed by atoms with van der Waals surface area (Å²) < 4.78 is 5.65. The third kappa shape index (κ3) is 5.20. The standard InChI is InChI=1S/C25H37N5O4/c1-16(2)34-11-7-10-28-23(32)20-8-5-6-9-21(20)30-24(28)27-29(25(30)33)15-22(31)26-19-13-17(3)12-18(4)14-19/h12-14,16,20-21,24,27H,5-11,15H2,1-4H3,(H,26,31). The minimum atomic E-state index is -0.563. The van der Waals surface area contributed by atoms with Crippen molar-refractivity contribution in [3.63, 3.8) is 0 Å². The van der Waals surface area contributed by atoms with Crippen LogP contribution in [-0.2, 0) is 14.3 Å². The van der Waals surface area contributed by atoms with Crippen LogP contribution < -0.4 is 10.7 Å². The first-order chi connectivity index (χ1) is 16.2. The van der Waals surface area contributed by atoms with E-state index in [-0.39, 0.29) is 42.5 Å². The van der Waals surface area contributed by atoms with E-state index in [2.05, 4.69) is 10.7 Å². The van der Waals surface area contributed by atoms with Crippen LogP contribution in [0.15, 0.2) is 18.2 Å². The van der Waals surface area contributed by atoms with Crippen LogP contribution in [0.3, 0.4) is 0 Å². The van der Waals surface area contributed by atoms with Crippen LogP contribution in [0.5, 0.6) is 0 Å². The fourth-order valence-corrected chi connectivity index (χ4v) is 5.40. The zero-order valence-corrected chi connectivity index (χ0v) is 20.7. The molecule has 2 N–H and O–H groups in total. The first kappa shape index (κ1) is 24.5. The number of carbonyl (C=O) groups is 3. The molecule has 1 saturated carbocycles. The molecule has 9 heteroatoms. The number of hydrazine groups is 1. The van der Waals surface area contributed by atoms with Gasteiger partial charge in [0.15, 0.2) is 6.29 Å². The molecule has 34 heavy (non-hydrogen) atoms. The highest BCUT2D eigenvalue weighted by molar-refractivity contribution is 5.95. The minimum absolute atomic E-state index is 0.0948. The molecule has 0 radical (unpaired) electrons. The number of nitrogens with one attached hydrogen (secondary N) is 2. The Labute approximate surface area is 201 Å². The van der Waals surface area contributed by atoms with Gasteiger partial charge >= 0.3 is 6.03 Å². The lowest BCUT2D eigenvalue weighted by Gasteiger charge is -2.48. The van der Waals surface area contributed by atoms with E-state index >= 15 is 0 Å². The van der Waals surface area contributed by atoms with Gasteiger partial charge in [-0.05, 0) is 70.2 Å². The number of fused-ring (bicyclic) bond motifs is 3. The number of hydrogen-bond acceptors (Lipinski definition) is 5. The lowest BCUT2D eigenvalue weighted by Crippen LogP contribution is -2.66. The van der Waals surface area contributed by atoms with Crippen LogP contribution in [-0.4, -0.2) is 70.8 Å². The van der Waals surface area contributed by atoms with Crippen molar-refractivity contribution in [2.75, 3.05) is 25.0 Å². The summed E-state index contributed by atoms with van der Waals surface area (Å²) in [6.07, 6.45) is 3.87. The lowest BCUT2D eigenvalue weighted by atomic mass is 9.81. The second kappa shape index (κ2) is 10.3. The Morgan fingerprint density at radius 3 is 2.56 bits per heavy atom. The maximum Gasteiger partial charge on any atom is 0.337 e. The molecule has 4 amide bonds. The van der Waals surface area contributed by atoms with Crippen LogP contribution in [0, 0.1) is 19.8 Å². The highest BCUT2D eigenvalue weighted by Crippen LogP contribution is 2.38. The highest BCUT2D eigenvalue weighted by atomic mass is 16.5. The molecule has 0 spiro atoms. The van der Waals surface area contributed by atoms with Crippen molar-refractivity contribution < 1.29 is 19.1 Å². The molecule has 3 fully saturated rings. The second-order valence-electron chi connectivity index (χ2n) is 9.97. The summed E-state index contributed by atoms with van der Waals surface area (Å²) in [5.41, 5.74) is 5.98. The van der Waals surface area contributed by atoms with E-state index in [4.69, 9.17) is 4.74 Å². The first-order valence-corrected chi connectivity index (χ1v) is 12.4. The fraction of sp³-hybridized carbons (Fsp3) is 0.640. The van der Waals surface area contributed by atoms with Gasteiger partial charge in [-0.15, -0.1) is 0 Å². The van der Waals surface area contributed by atoms with Gasteiger partial charge in [-0.1, -0.05) is 18.9 Å². The van der Waals surface area contributed by atoms with Crippen molar-refractivity contribution in [1.29, 1.82) is 0 Å². The molecule has 2 saturated heterocycles. The SMILES string of the molecule is Cc1cc(C)cc(NC(=O)CN2NC3N(CCCOC(C)C)C(=O)C4CCCCC4N3C2=O)c1. The Kier molecular flexibility index (Phi) is 7.42. The third-order valence-electron chi connectivity index (χ3n) is 6.77. The molecule has 4 rings (SSSR count).